The fourth-order valence-corrected chi connectivity index (χ4v) is 1.44. The van der Waals surface area contributed by atoms with E-state index >= 15 is 0 Å². The van der Waals surface area contributed by atoms with E-state index in [4.69, 9.17) is 5.11 Å². The number of carboxylic acid groups (broad SMARTS) is 1. The van der Waals surface area contributed by atoms with Crippen LogP contribution in [0.15, 0.2) is 12.2 Å². The predicted molar refractivity (Wildman–Crippen MR) is 62.1 cm³/mol. The SMILES string of the molecule is CC(C)(C)C(OC(=O)C=CC(=O)O)C(F)(F)C(F)(F)C(F)(F)F. The number of carbonyl (C=O) groups is 2. The molecule has 0 bridgehead atoms. The molecule has 134 valence electrons. The maximum Gasteiger partial charge on any atom is 0.460 e. The van der Waals surface area contributed by atoms with Crippen LogP contribution in [0.5, 0.6) is 0 Å². The van der Waals surface area contributed by atoms with Crippen LogP contribution in [0.25, 0.3) is 0 Å². The molecule has 11 heteroatoms. The van der Waals surface area contributed by atoms with Crippen LogP contribution in [-0.2, 0) is 14.3 Å². The minimum atomic E-state index is -6.58. The van der Waals surface area contributed by atoms with Crippen molar-refractivity contribution >= 4 is 11.9 Å². The number of esters is 1. The molecule has 0 heterocycles. The zero-order valence-electron chi connectivity index (χ0n) is 12.0. The molecule has 0 amide bonds. The second kappa shape index (κ2) is 6.36. The monoisotopic (exact) mass is 354 g/mol. The molecule has 0 radical (unpaired) electrons. The van der Waals surface area contributed by atoms with Crippen molar-refractivity contribution in [1.82, 2.24) is 0 Å². The Bertz CT molecular complexity index is 489. The molecule has 0 saturated carbocycles. The van der Waals surface area contributed by atoms with Crippen LogP contribution in [0.4, 0.5) is 30.7 Å². The van der Waals surface area contributed by atoms with Gasteiger partial charge in [0, 0.05) is 17.6 Å². The molecule has 0 aliphatic carbocycles. The number of hydrogen-bond acceptors (Lipinski definition) is 3. The molecule has 0 fully saturated rings. The normalized spacial score (nSPS) is 15.6. The van der Waals surface area contributed by atoms with E-state index in [1.165, 1.54) is 0 Å². The van der Waals surface area contributed by atoms with Gasteiger partial charge in [0.05, 0.1) is 0 Å². The van der Waals surface area contributed by atoms with Crippen LogP contribution >= 0.6 is 0 Å². The van der Waals surface area contributed by atoms with Crippen LogP contribution in [0.3, 0.4) is 0 Å². The van der Waals surface area contributed by atoms with Crippen molar-refractivity contribution in [2.24, 2.45) is 5.41 Å². The highest BCUT2D eigenvalue weighted by Crippen LogP contribution is 2.51. The summed E-state index contributed by atoms with van der Waals surface area (Å²) in [4.78, 5) is 21.4. The summed E-state index contributed by atoms with van der Waals surface area (Å²) < 4.78 is 94.2. The minimum Gasteiger partial charge on any atom is -0.478 e. The highest BCUT2D eigenvalue weighted by atomic mass is 19.4. The molecule has 1 atom stereocenters. The highest BCUT2D eigenvalue weighted by Gasteiger charge is 2.77. The molecule has 0 aromatic carbocycles. The number of rotatable bonds is 5. The molecule has 4 nitrogen and oxygen atoms in total. The molecule has 1 N–H and O–H groups in total. The Hall–Kier alpha value is -1.81. The van der Waals surface area contributed by atoms with E-state index < -0.39 is 41.5 Å². The lowest BCUT2D eigenvalue weighted by atomic mass is 9.82. The van der Waals surface area contributed by atoms with E-state index in [1.54, 1.807) is 0 Å². The predicted octanol–water partition coefficient (Wildman–Crippen LogP) is 3.42. The Morgan fingerprint density at radius 2 is 1.39 bits per heavy atom. The third-order valence-electron chi connectivity index (χ3n) is 2.49. The molecule has 0 rings (SSSR count). The summed E-state index contributed by atoms with van der Waals surface area (Å²) in [5.74, 6) is -15.7. The van der Waals surface area contributed by atoms with Crippen molar-refractivity contribution in [3.05, 3.63) is 12.2 Å². The number of carboxylic acids is 1. The zero-order valence-corrected chi connectivity index (χ0v) is 12.0. The first-order valence-corrected chi connectivity index (χ1v) is 5.88. The first kappa shape index (κ1) is 21.2. The van der Waals surface area contributed by atoms with E-state index in [-0.39, 0.29) is 12.2 Å². The summed E-state index contributed by atoms with van der Waals surface area (Å²) in [6.45, 7) is 2.56. The Morgan fingerprint density at radius 3 is 1.70 bits per heavy atom. The molecule has 0 aliphatic heterocycles. The number of aliphatic carboxylic acids is 1. The number of hydrogen-bond donors (Lipinski definition) is 1. The van der Waals surface area contributed by atoms with Gasteiger partial charge < -0.3 is 9.84 Å². The van der Waals surface area contributed by atoms with Gasteiger partial charge in [-0.05, 0) is 0 Å². The molecule has 0 saturated heterocycles. The van der Waals surface area contributed by atoms with E-state index in [1.807, 2.05) is 0 Å². The van der Waals surface area contributed by atoms with Crippen molar-refractivity contribution < 1.29 is 50.2 Å². The maximum atomic E-state index is 13.7. The Balaban J connectivity index is 5.75. The van der Waals surface area contributed by atoms with Gasteiger partial charge in [-0.15, -0.1) is 0 Å². The summed E-state index contributed by atoms with van der Waals surface area (Å²) in [6, 6.07) is 0. The first-order valence-electron chi connectivity index (χ1n) is 5.88. The lowest BCUT2D eigenvalue weighted by molar-refractivity contribution is -0.377. The van der Waals surface area contributed by atoms with Crippen molar-refractivity contribution in [3.8, 4) is 0 Å². The van der Waals surface area contributed by atoms with Gasteiger partial charge in [-0.25, -0.2) is 9.59 Å². The number of alkyl halides is 7. The lowest BCUT2D eigenvalue weighted by Crippen LogP contribution is -2.61. The van der Waals surface area contributed by atoms with E-state index in [2.05, 4.69) is 4.74 Å². The second-order valence-electron chi connectivity index (χ2n) is 5.55. The summed E-state index contributed by atoms with van der Waals surface area (Å²) in [5, 5.41) is 8.24. The van der Waals surface area contributed by atoms with Crippen molar-refractivity contribution in [2.45, 2.75) is 44.9 Å². The molecule has 0 aliphatic rings. The van der Waals surface area contributed by atoms with Gasteiger partial charge in [-0.3, -0.25) is 0 Å². The van der Waals surface area contributed by atoms with Gasteiger partial charge in [0.15, 0.2) is 6.10 Å². The van der Waals surface area contributed by atoms with Crippen molar-refractivity contribution in [2.75, 3.05) is 0 Å². The first-order chi connectivity index (χ1) is 9.94. The van der Waals surface area contributed by atoms with Crippen LogP contribution in [0, 0.1) is 5.41 Å². The fraction of sp³-hybridized carbons (Fsp3) is 0.667. The second-order valence-corrected chi connectivity index (χ2v) is 5.55. The maximum absolute atomic E-state index is 13.7. The average Bonchev–Trinajstić information content (AvgIpc) is 2.30. The molecule has 0 aromatic heterocycles. The number of ether oxygens (including phenoxy) is 1. The number of carbonyl (C=O) groups excluding carboxylic acids is 1. The van der Waals surface area contributed by atoms with Gasteiger partial charge in [-0.2, -0.15) is 30.7 Å². The Morgan fingerprint density at radius 1 is 0.957 bits per heavy atom. The van der Waals surface area contributed by atoms with E-state index in [0.717, 1.165) is 20.8 Å². The molecule has 23 heavy (non-hydrogen) atoms. The van der Waals surface area contributed by atoms with Gasteiger partial charge >= 0.3 is 30.0 Å². The van der Waals surface area contributed by atoms with Gasteiger partial charge in [0.2, 0.25) is 0 Å². The summed E-state index contributed by atoms with van der Waals surface area (Å²) in [5.41, 5.74) is -2.01. The fourth-order valence-electron chi connectivity index (χ4n) is 1.44. The van der Waals surface area contributed by atoms with Crippen LogP contribution in [0.1, 0.15) is 20.8 Å². The molecule has 0 aromatic rings. The minimum absolute atomic E-state index is 0.114. The van der Waals surface area contributed by atoms with E-state index in [0.29, 0.717) is 0 Å². The molecular formula is C12H13F7O4. The Kier molecular flexibility index (Phi) is 5.86. The van der Waals surface area contributed by atoms with Crippen molar-refractivity contribution in [3.63, 3.8) is 0 Å². The molecule has 1 unspecified atom stereocenters. The third kappa shape index (κ3) is 4.83. The van der Waals surface area contributed by atoms with Gasteiger partial charge in [0.25, 0.3) is 0 Å². The van der Waals surface area contributed by atoms with Crippen LogP contribution < -0.4 is 0 Å². The highest BCUT2D eigenvalue weighted by molar-refractivity contribution is 5.90. The largest absolute Gasteiger partial charge is 0.478 e. The third-order valence-corrected chi connectivity index (χ3v) is 2.49. The summed E-state index contributed by atoms with van der Waals surface area (Å²) >= 11 is 0. The standard InChI is InChI=1S/C12H13F7O4/c1-9(2,3)8(23-7(22)5-4-6(20)21)10(13,14)11(15,16)12(17,18)19/h4-5,8H,1-3H3,(H,20,21). The van der Waals surface area contributed by atoms with Crippen LogP contribution in [-0.4, -0.2) is 41.2 Å². The van der Waals surface area contributed by atoms with Crippen molar-refractivity contribution in [1.29, 1.82) is 0 Å². The lowest BCUT2D eigenvalue weighted by Gasteiger charge is -2.39. The molecular weight excluding hydrogens is 341 g/mol. The van der Waals surface area contributed by atoms with Gasteiger partial charge in [-0.1, -0.05) is 20.8 Å². The van der Waals surface area contributed by atoms with E-state index in [9.17, 15) is 40.3 Å². The summed E-state index contributed by atoms with van der Waals surface area (Å²) in [7, 11) is 0. The Labute approximate surface area is 125 Å². The smallest absolute Gasteiger partial charge is 0.460 e. The van der Waals surface area contributed by atoms with Gasteiger partial charge in [0.1, 0.15) is 0 Å². The quantitative estimate of drug-likeness (QED) is 0.467. The van der Waals surface area contributed by atoms with Crippen LogP contribution in [0.2, 0.25) is 0 Å². The summed E-state index contributed by atoms with van der Waals surface area (Å²) in [6.07, 6.45) is -9.48. The topological polar surface area (TPSA) is 63.6 Å². The number of halogens is 7. The average molecular weight is 354 g/mol. The molecule has 0 spiro atoms. The zero-order chi connectivity index (χ0) is 18.9.